The number of allylic oxidation sites excluding steroid dienone is 3. The Kier molecular flexibility index (Phi) is 5.75. The van der Waals surface area contributed by atoms with E-state index >= 15 is 0 Å². The van der Waals surface area contributed by atoms with Crippen LogP contribution in [0.15, 0.2) is 53.5 Å². The molecule has 1 aliphatic carbocycles. The minimum atomic E-state index is -4.64. The van der Waals surface area contributed by atoms with E-state index in [2.05, 4.69) is 22.0 Å². The van der Waals surface area contributed by atoms with Crippen LogP contribution in [0, 0.1) is 17.2 Å². The Bertz CT molecular complexity index is 999. The Labute approximate surface area is 176 Å². The summed E-state index contributed by atoms with van der Waals surface area (Å²) in [5.74, 6) is -0.573. The SMILES string of the molecule is CC1(S(=O)(=O)c2cccc(C(F)(F)F)c2)CCOC(C2(Br)C=CC=CC2C#N)C1. The van der Waals surface area contributed by atoms with Gasteiger partial charge in [0, 0.05) is 6.61 Å². The average Bonchev–Trinajstić information content (AvgIpc) is 2.67. The summed E-state index contributed by atoms with van der Waals surface area (Å²) in [5, 5.41) is 9.49. The molecule has 1 heterocycles. The van der Waals surface area contributed by atoms with Crippen LogP contribution < -0.4 is 0 Å². The van der Waals surface area contributed by atoms with Crippen LogP contribution in [0.5, 0.6) is 0 Å². The van der Waals surface area contributed by atoms with Crippen molar-refractivity contribution in [3.63, 3.8) is 0 Å². The van der Waals surface area contributed by atoms with Crippen molar-refractivity contribution in [1.29, 1.82) is 5.26 Å². The van der Waals surface area contributed by atoms with Gasteiger partial charge in [-0.05, 0) is 38.0 Å². The number of hydrogen-bond donors (Lipinski definition) is 0. The normalized spacial score (nSPS) is 32.7. The summed E-state index contributed by atoms with van der Waals surface area (Å²) < 4.78 is 69.4. The molecule has 0 bridgehead atoms. The van der Waals surface area contributed by atoms with Gasteiger partial charge in [0.05, 0.1) is 37.6 Å². The predicted octanol–water partition coefficient (Wildman–Crippen LogP) is 4.82. The molecular weight excluding hydrogens is 471 g/mol. The van der Waals surface area contributed by atoms with Crippen LogP contribution in [0.3, 0.4) is 0 Å². The number of nitriles is 1. The minimum absolute atomic E-state index is 0.0349. The molecule has 0 N–H and O–H groups in total. The molecule has 156 valence electrons. The molecule has 0 amide bonds. The molecule has 1 aliphatic heterocycles. The first-order valence-corrected chi connectivity index (χ1v) is 11.2. The smallest absolute Gasteiger partial charge is 0.376 e. The molecule has 3 rings (SSSR count). The van der Waals surface area contributed by atoms with Gasteiger partial charge >= 0.3 is 6.18 Å². The lowest BCUT2D eigenvalue weighted by molar-refractivity contribution is -0.137. The summed E-state index contributed by atoms with van der Waals surface area (Å²) >= 11 is 3.57. The first-order chi connectivity index (χ1) is 13.4. The number of hydrogen-bond acceptors (Lipinski definition) is 4. The average molecular weight is 490 g/mol. The fraction of sp³-hybridized carbons (Fsp3) is 0.450. The number of rotatable bonds is 3. The van der Waals surface area contributed by atoms with Gasteiger partial charge in [-0.3, -0.25) is 0 Å². The Morgan fingerprint density at radius 3 is 2.69 bits per heavy atom. The van der Waals surface area contributed by atoms with E-state index in [1.165, 1.54) is 13.0 Å². The van der Waals surface area contributed by atoms with Gasteiger partial charge in [-0.15, -0.1) is 0 Å². The Morgan fingerprint density at radius 2 is 2.03 bits per heavy atom. The van der Waals surface area contributed by atoms with Crippen molar-refractivity contribution in [3.05, 3.63) is 54.1 Å². The summed E-state index contributed by atoms with van der Waals surface area (Å²) in [6, 6.07) is 5.98. The number of sulfone groups is 1. The van der Waals surface area contributed by atoms with Crippen LogP contribution in [-0.4, -0.2) is 30.2 Å². The van der Waals surface area contributed by atoms with Gasteiger partial charge in [-0.25, -0.2) is 8.42 Å². The quantitative estimate of drug-likeness (QED) is 0.571. The third-order valence-electron chi connectivity index (χ3n) is 5.56. The molecule has 1 aromatic carbocycles. The molecule has 29 heavy (non-hydrogen) atoms. The van der Waals surface area contributed by atoms with E-state index in [1.807, 2.05) is 0 Å². The zero-order chi connectivity index (χ0) is 21.5. The monoisotopic (exact) mass is 489 g/mol. The third kappa shape index (κ3) is 3.90. The maximum Gasteiger partial charge on any atom is 0.416 e. The van der Waals surface area contributed by atoms with E-state index < -0.39 is 42.7 Å². The maximum absolute atomic E-state index is 13.3. The Balaban J connectivity index is 1.97. The zero-order valence-corrected chi connectivity index (χ0v) is 17.9. The molecule has 4 nitrogen and oxygen atoms in total. The van der Waals surface area contributed by atoms with Crippen LogP contribution in [0.2, 0.25) is 0 Å². The van der Waals surface area contributed by atoms with Crippen molar-refractivity contribution < 1.29 is 26.3 Å². The van der Waals surface area contributed by atoms with Gasteiger partial charge in [0.25, 0.3) is 0 Å². The Morgan fingerprint density at radius 1 is 1.31 bits per heavy atom. The number of halogens is 4. The molecule has 1 saturated heterocycles. The highest BCUT2D eigenvalue weighted by molar-refractivity contribution is 9.10. The fourth-order valence-electron chi connectivity index (χ4n) is 3.70. The largest absolute Gasteiger partial charge is 0.416 e. The number of ether oxygens (including phenoxy) is 1. The molecule has 0 spiro atoms. The van der Waals surface area contributed by atoms with Crippen LogP contribution in [0.25, 0.3) is 0 Å². The summed E-state index contributed by atoms with van der Waals surface area (Å²) in [7, 11) is -4.09. The number of benzene rings is 1. The second-order valence-electron chi connectivity index (χ2n) is 7.47. The van der Waals surface area contributed by atoms with Crippen LogP contribution >= 0.6 is 15.9 Å². The first-order valence-electron chi connectivity index (χ1n) is 8.92. The van der Waals surface area contributed by atoms with Gasteiger partial charge < -0.3 is 4.74 Å². The molecule has 4 unspecified atom stereocenters. The van der Waals surface area contributed by atoms with Gasteiger partial charge in [-0.2, -0.15) is 18.4 Å². The Hall–Kier alpha value is -1.63. The van der Waals surface area contributed by atoms with Crippen LogP contribution in [-0.2, 0) is 20.8 Å². The second kappa shape index (κ2) is 7.56. The van der Waals surface area contributed by atoms with Crippen LogP contribution in [0.4, 0.5) is 13.2 Å². The van der Waals surface area contributed by atoms with Crippen LogP contribution in [0.1, 0.15) is 25.3 Å². The lowest BCUT2D eigenvalue weighted by Crippen LogP contribution is -2.53. The summed E-state index contributed by atoms with van der Waals surface area (Å²) in [6.07, 6.45) is 1.83. The lowest BCUT2D eigenvalue weighted by Gasteiger charge is -2.45. The maximum atomic E-state index is 13.3. The highest BCUT2D eigenvalue weighted by atomic mass is 79.9. The summed E-state index contributed by atoms with van der Waals surface area (Å²) in [5.41, 5.74) is -1.01. The molecular formula is C20H19BrF3NO3S. The highest BCUT2D eigenvalue weighted by Crippen LogP contribution is 2.46. The van der Waals surface area contributed by atoms with Crippen molar-refractivity contribution in [2.45, 2.75) is 46.0 Å². The van der Waals surface area contributed by atoms with Gasteiger partial charge in [0.2, 0.25) is 0 Å². The second-order valence-corrected chi connectivity index (χ2v) is 11.3. The van der Waals surface area contributed by atoms with E-state index in [0.29, 0.717) is 6.07 Å². The van der Waals surface area contributed by atoms with Crippen molar-refractivity contribution in [1.82, 2.24) is 0 Å². The molecule has 0 saturated carbocycles. The topological polar surface area (TPSA) is 67.2 Å². The van der Waals surface area contributed by atoms with Gasteiger partial charge in [-0.1, -0.05) is 46.3 Å². The van der Waals surface area contributed by atoms with Crippen molar-refractivity contribution in [2.24, 2.45) is 5.92 Å². The molecule has 0 radical (unpaired) electrons. The first kappa shape index (κ1) is 22.1. The summed E-state index contributed by atoms with van der Waals surface area (Å²) in [4.78, 5) is -0.366. The predicted molar refractivity (Wildman–Crippen MR) is 105 cm³/mol. The van der Waals surface area contributed by atoms with E-state index in [9.17, 15) is 26.9 Å². The minimum Gasteiger partial charge on any atom is -0.376 e. The van der Waals surface area contributed by atoms with Crippen molar-refractivity contribution >= 4 is 25.8 Å². The fourth-order valence-corrected chi connectivity index (χ4v) is 6.23. The molecule has 9 heteroatoms. The van der Waals surface area contributed by atoms with Gasteiger partial charge in [0.15, 0.2) is 9.84 Å². The van der Waals surface area contributed by atoms with E-state index in [-0.39, 0.29) is 24.3 Å². The molecule has 1 aromatic rings. The summed E-state index contributed by atoms with van der Waals surface area (Å²) in [6.45, 7) is 1.64. The molecule has 0 aromatic heterocycles. The number of nitrogens with zero attached hydrogens (tertiary/aromatic N) is 1. The zero-order valence-electron chi connectivity index (χ0n) is 15.5. The molecule has 2 aliphatic rings. The third-order valence-corrected chi connectivity index (χ3v) is 9.37. The van der Waals surface area contributed by atoms with Crippen molar-refractivity contribution in [3.8, 4) is 6.07 Å². The van der Waals surface area contributed by atoms with Crippen molar-refractivity contribution in [2.75, 3.05) is 6.61 Å². The lowest BCUT2D eigenvalue weighted by atomic mass is 9.80. The van der Waals surface area contributed by atoms with E-state index in [4.69, 9.17) is 4.74 Å². The number of alkyl halides is 4. The van der Waals surface area contributed by atoms with E-state index in [1.54, 1.807) is 24.3 Å². The van der Waals surface area contributed by atoms with E-state index in [0.717, 1.165) is 12.1 Å². The molecule has 4 atom stereocenters. The highest BCUT2D eigenvalue weighted by Gasteiger charge is 2.52. The standard InChI is InChI=1S/C20H19BrF3NO3S/c1-18(29(26,27)16-7-4-6-14(11-16)20(22,23)24)9-10-28-17(12-18)19(21)8-3-2-5-15(19)13-25/h2-8,11,15,17H,9-10,12H2,1H3. The molecule has 1 fully saturated rings. The van der Waals surface area contributed by atoms with Gasteiger partial charge in [0.1, 0.15) is 0 Å².